The molecule has 0 atom stereocenters. The van der Waals surface area contributed by atoms with Crippen molar-refractivity contribution in [2.24, 2.45) is 0 Å². The molecule has 2 aromatic rings. The van der Waals surface area contributed by atoms with Crippen LogP contribution >= 0.6 is 11.6 Å². The van der Waals surface area contributed by atoms with Crippen LogP contribution in [0.15, 0.2) is 35.1 Å². The van der Waals surface area contributed by atoms with Gasteiger partial charge in [0.05, 0.1) is 12.1 Å². The molecule has 1 heterocycles. The van der Waals surface area contributed by atoms with E-state index in [9.17, 15) is 4.79 Å². The summed E-state index contributed by atoms with van der Waals surface area (Å²) in [5.41, 5.74) is 1.05. The molecule has 0 aliphatic heterocycles. The van der Waals surface area contributed by atoms with E-state index >= 15 is 0 Å². The van der Waals surface area contributed by atoms with Gasteiger partial charge < -0.3 is 4.74 Å². The lowest BCUT2D eigenvalue weighted by Gasteiger charge is -2.03. The summed E-state index contributed by atoms with van der Waals surface area (Å²) in [5, 5.41) is 6.57. The zero-order valence-corrected chi connectivity index (χ0v) is 9.28. The standard InChI is InChI=1S/C11H9ClN2O2/c1-16-8-4-2-7(3-5-8)11-9(12)6-10(15)13-14-11/h2-6H,1H3,(H,13,15). The molecule has 0 aliphatic rings. The molecule has 5 heteroatoms. The van der Waals surface area contributed by atoms with E-state index < -0.39 is 0 Å². The van der Waals surface area contributed by atoms with Gasteiger partial charge in [-0.2, -0.15) is 5.10 Å². The van der Waals surface area contributed by atoms with E-state index in [1.807, 2.05) is 12.1 Å². The summed E-state index contributed by atoms with van der Waals surface area (Å²) in [7, 11) is 1.60. The van der Waals surface area contributed by atoms with E-state index in [4.69, 9.17) is 16.3 Å². The fraction of sp³-hybridized carbons (Fsp3) is 0.0909. The Hall–Kier alpha value is -1.81. The molecule has 1 N–H and O–H groups in total. The number of halogens is 1. The second kappa shape index (κ2) is 4.37. The monoisotopic (exact) mass is 236 g/mol. The van der Waals surface area contributed by atoms with Crippen LogP contribution in [0.3, 0.4) is 0 Å². The number of methoxy groups -OCH3 is 1. The summed E-state index contributed by atoms with van der Waals surface area (Å²) in [5.74, 6) is 0.754. The van der Waals surface area contributed by atoms with Crippen molar-refractivity contribution in [1.82, 2.24) is 10.2 Å². The molecule has 2 rings (SSSR count). The number of benzene rings is 1. The normalized spacial score (nSPS) is 10.1. The average molecular weight is 237 g/mol. The quantitative estimate of drug-likeness (QED) is 0.869. The lowest BCUT2D eigenvalue weighted by atomic mass is 10.1. The lowest BCUT2D eigenvalue weighted by molar-refractivity contribution is 0.415. The van der Waals surface area contributed by atoms with E-state index in [-0.39, 0.29) is 5.56 Å². The highest BCUT2D eigenvalue weighted by molar-refractivity contribution is 6.32. The molecule has 82 valence electrons. The molecule has 0 fully saturated rings. The molecular weight excluding hydrogens is 228 g/mol. The third kappa shape index (κ3) is 2.06. The number of hydrogen-bond acceptors (Lipinski definition) is 3. The van der Waals surface area contributed by atoms with Crippen molar-refractivity contribution in [3.63, 3.8) is 0 Å². The minimum atomic E-state index is -0.317. The predicted octanol–water partition coefficient (Wildman–Crippen LogP) is 2.10. The summed E-state index contributed by atoms with van der Waals surface area (Å²) in [4.78, 5) is 11.0. The fourth-order valence-electron chi connectivity index (χ4n) is 1.33. The van der Waals surface area contributed by atoms with E-state index in [1.165, 1.54) is 6.07 Å². The third-order valence-electron chi connectivity index (χ3n) is 2.13. The molecule has 0 aliphatic carbocycles. The van der Waals surface area contributed by atoms with Crippen LogP contribution in [0, 0.1) is 0 Å². The summed E-state index contributed by atoms with van der Waals surface area (Å²) in [6, 6.07) is 8.56. The van der Waals surface area contributed by atoms with Gasteiger partial charge in [0, 0.05) is 11.6 Å². The number of nitrogens with zero attached hydrogens (tertiary/aromatic N) is 1. The highest BCUT2D eigenvalue weighted by Crippen LogP contribution is 2.25. The van der Waals surface area contributed by atoms with Crippen LogP contribution < -0.4 is 10.3 Å². The van der Waals surface area contributed by atoms with E-state index in [0.717, 1.165) is 11.3 Å². The Morgan fingerprint density at radius 1 is 1.31 bits per heavy atom. The smallest absolute Gasteiger partial charge is 0.265 e. The van der Waals surface area contributed by atoms with Crippen molar-refractivity contribution in [1.29, 1.82) is 0 Å². The number of nitrogens with one attached hydrogen (secondary N) is 1. The minimum Gasteiger partial charge on any atom is -0.497 e. The van der Waals surface area contributed by atoms with Crippen LogP contribution in [-0.2, 0) is 0 Å². The number of hydrogen-bond donors (Lipinski definition) is 1. The molecule has 0 amide bonds. The second-order valence-corrected chi connectivity index (χ2v) is 3.56. The highest BCUT2D eigenvalue weighted by Gasteiger charge is 2.05. The van der Waals surface area contributed by atoms with Gasteiger partial charge in [0.2, 0.25) is 0 Å². The largest absolute Gasteiger partial charge is 0.497 e. The summed E-state index contributed by atoms with van der Waals surface area (Å²) in [6.07, 6.45) is 0. The second-order valence-electron chi connectivity index (χ2n) is 3.16. The lowest BCUT2D eigenvalue weighted by Crippen LogP contribution is -2.06. The van der Waals surface area contributed by atoms with Crippen molar-refractivity contribution in [3.8, 4) is 17.0 Å². The summed E-state index contributed by atoms with van der Waals surface area (Å²) >= 11 is 5.92. The summed E-state index contributed by atoms with van der Waals surface area (Å²) in [6.45, 7) is 0. The van der Waals surface area contributed by atoms with E-state index in [1.54, 1.807) is 19.2 Å². The van der Waals surface area contributed by atoms with E-state index in [0.29, 0.717) is 10.7 Å². The van der Waals surface area contributed by atoms with Gasteiger partial charge in [0.25, 0.3) is 5.56 Å². The van der Waals surface area contributed by atoms with Crippen molar-refractivity contribution < 1.29 is 4.74 Å². The molecule has 4 nitrogen and oxygen atoms in total. The van der Waals surface area contributed by atoms with Crippen LogP contribution in [0.25, 0.3) is 11.3 Å². The van der Waals surface area contributed by atoms with Gasteiger partial charge in [-0.1, -0.05) is 11.6 Å². The fourth-order valence-corrected chi connectivity index (χ4v) is 1.58. The van der Waals surface area contributed by atoms with E-state index in [2.05, 4.69) is 10.2 Å². The van der Waals surface area contributed by atoms with Crippen molar-refractivity contribution in [2.45, 2.75) is 0 Å². The Kier molecular flexibility index (Phi) is 2.92. The Balaban J connectivity index is 2.46. The molecule has 0 bridgehead atoms. The van der Waals surface area contributed by atoms with Crippen molar-refractivity contribution in [2.75, 3.05) is 7.11 Å². The van der Waals surface area contributed by atoms with Gasteiger partial charge in [-0.05, 0) is 24.3 Å². The molecule has 1 aromatic heterocycles. The van der Waals surface area contributed by atoms with Crippen molar-refractivity contribution >= 4 is 11.6 Å². The first kappa shape index (κ1) is 10.7. The molecule has 0 saturated carbocycles. The predicted molar refractivity (Wildman–Crippen MR) is 61.9 cm³/mol. The Morgan fingerprint density at radius 3 is 2.56 bits per heavy atom. The molecule has 0 unspecified atom stereocenters. The molecule has 0 saturated heterocycles. The molecule has 16 heavy (non-hydrogen) atoms. The first-order valence-corrected chi connectivity index (χ1v) is 4.98. The van der Waals surface area contributed by atoms with Crippen LogP contribution in [0.2, 0.25) is 5.02 Å². The number of aromatic amines is 1. The maximum Gasteiger partial charge on any atom is 0.265 e. The molecule has 1 aromatic carbocycles. The summed E-state index contributed by atoms with van der Waals surface area (Å²) < 4.78 is 5.04. The maximum atomic E-state index is 11.0. The number of H-pyrrole nitrogens is 1. The Morgan fingerprint density at radius 2 is 2.00 bits per heavy atom. The molecule has 0 spiro atoms. The SMILES string of the molecule is COc1ccc(-c2n[nH]c(=O)cc2Cl)cc1. The van der Waals surface area contributed by atoms with Crippen LogP contribution in [-0.4, -0.2) is 17.3 Å². The zero-order valence-electron chi connectivity index (χ0n) is 8.53. The van der Waals surface area contributed by atoms with Crippen LogP contribution in [0.5, 0.6) is 5.75 Å². The number of aromatic nitrogens is 2. The van der Waals surface area contributed by atoms with Gasteiger partial charge in [0.15, 0.2) is 0 Å². The topological polar surface area (TPSA) is 55.0 Å². The first-order valence-electron chi connectivity index (χ1n) is 4.60. The zero-order chi connectivity index (χ0) is 11.5. The average Bonchev–Trinajstić information content (AvgIpc) is 2.29. The van der Waals surface area contributed by atoms with Crippen LogP contribution in [0.1, 0.15) is 0 Å². The van der Waals surface area contributed by atoms with Gasteiger partial charge in [-0.15, -0.1) is 0 Å². The Bertz CT molecular complexity index is 549. The van der Waals surface area contributed by atoms with Gasteiger partial charge in [-0.3, -0.25) is 4.79 Å². The molecule has 0 radical (unpaired) electrons. The van der Waals surface area contributed by atoms with Gasteiger partial charge in [0.1, 0.15) is 11.4 Å². The first-order chi connectivity index (χ1) is 7.70. The molecular formula is C11H9ClN2O2. The van der Waals surface area contributed by atoms with Crippen molar-refractivity contribution in [3.05, 3.63) is 45.7 Å². The van der Waals surface area contributed by atoms with Crippen LogP contribution in [0.4, 0.5) is 0 Å². The highest BCUT2D eigenvalue weighted by atomic mass is 35.5. The number of rotatable bonds is 2. The maximum absolute atomic E-state index is 11.0. The van der Waals surface area contributed by atoms with Gasteiger partial charge >= 0.3 is 0 Å². The third-order valence-corrected chi connectivity index (χ3v) is 2.41. The number of ether oxygens (including phenoxy) is 1. The minimum absolute atomic E-state index is 0.317. The Labute approximate surface area is 96.8 Å². The van der Waals surface area contributed by atoms with Gasteiger partial charge in [-0.25, -0.2) is 5.10 Å².